The second-order valence-corrected chi connectivity index (χ2v) is 3.36. The van der Waals surface area contributed by atoms with Crippen molar-refractivity contribution in [2.45, 2.75) is 19.5 Å². The van der Waals surface area contributed by atoms with Crippen molar-refractivity contribution in [3.05, 3.63) is 12.2 Å². The van der Waals surface area contributed by atoms with Gasteiger partial charge >= 0.3 is 6.18 Å². The van der Waals surface area contributed by atoms with Crippen LogP contribution in [0.25, 0.3) is 0 Å². The molecule has 0 heterocycles. The van der Waals surface area contributed by atoms with Gasteiger partial charge in [0.1, 0.15) is 0 Å². The number of halogens is 3. The van der Waals surface area contributed by atoms with Crippen LogP contribution < -0.4 is 16.5 Å². The van der Waals surface area contributed by atoms with Gasteiger partial charge in [0.15, 0.2) is 0 Å². The first-order chi connectivity index (χ1) is 7.34. The smallest absolute Gasteiger partial charge is 0.378 e. The fourth-order valence-electron chi connectivity index (χ4n) is 0.776. The minimum absolute atomic E-state index is 0.285. The van der Waals surface area contributed by atoms with E-state index < -0.39 is 12.0 Å². The van der Waals surface area contributed by atoms with Crippen LogP contribution in [0.4, 0.5) is 13.2 Å². The van der Waals surface area contributed by atoms with Crippen molar-refractivity contribution in [1.82, 2.24) is 10.7 Å². The zero-order valence-electron chi connectivity index (χ0n) is 9.19. The van der Waals surface area contributed by atoms with E-state index in [1.54, 1.807) is 0 Å². The molecule has 4 N–H and O–H groups in total. The quantitative estimate of drug-likeness (QED) is 0.203. The first kappa shape index (κ1) is 14.8. The molecule has 0 unspecified atom stereocenters. The lowest BCUT2D eigenvalue weighted by Crippen LogP contribution is -2.34. The molecule has 0 aliphatic carbocycles. The van der Waals surface area contributed by atoms with Gasteiger partial charge < -0.3 is 16.5 Å². The van der Waals surface area contributed by atoms with E-state index in [0.717, 1.165) is 18.5 Å². The average Bonchev–Trinajstić information content (AvgIpc) is 2.14. The van der Waals surface area contributed by atoms with E-state index in [2.05, 4.69) is 28.2 Å². The lowest BCUT2D eigenvalue weighted by Gasteiger charge is -2.07. The largest absolute Gasteiger partial charge is 0.450 e. The first-order valence-electron chi connectivity index (χ1n) is 4.82. The second kappa shape index (κ2) is 7.10. The summed E-state index contributed by atoms with van der Waals surface area (Å²) < 4.78 is 35.5. The van der Waals surface area contributed by atoms with Gasteiger partial charge in [0.05, 0.1) is 0 Å². The van der Waals surface area contributed by atoms with Crippen LogP contribution in [0.1, 0.15) is 13.3 Å². The maximum absolute atomic E-state index is 11.8. The van der Waals surface area contributed by atoms with Gasteiger partial charge in [0.25, 0.3) is 0 Å². The topological polar surface area (TPSA) is 62.4 Å². The Kier molecular flexibility index (Phi) is 6.55. The van der Waals surface area contributed by atoms with Gasteiger partial charge in [-0.05, 0) is 19.9 Å². The van der Waals surface area contributed by atoms with Crippen molar-refractivity contribution in [2.24, 2.45) is 10.8 Å². The summed E-state index contributed by atoms with van der Waals surface area (Å²) in [6.07, 6.45) is -3.73. The Bertz CT molecular complexity index is 248. The molecule has 0 saturated carbocycles. The van der Waals surface area contributed by atoms with Crippen LogP contribution in [-0.2, 0) is 0 Å². The molecule has 4 nitrogen and oxygen atoms in total. The number of rotatable bonds is 7. The molecular weight excluding hydrogens is 221 g/mol. The molecular formula is C9H17F3N4. The highest BCUT2D eigenvalue weighted by Gasteiger charge is 2.33. The minimum atomic E-state index is -4.57. The van der Waals surface area contributed by atoms with Gasteiger partial charge in [0.2, 0.25) is 5.84 Å². The van der Waals surface area contributed by atoms with Crippen LogP contribution in [0.2, 0.25) is 0 Å². The number of hydrogen-bond donors (Lipinski definition) is 3. The maximum Gasteiger partial charge on any atom is 0.450 e. The van der Waals surface area contributed by atoms with E-state index >= 15 is 0 Å². The predicted molar refractivity (Wildman–Crippen MR) is 58.0 cm³/mol. The van der Waals surface area contributed by atoms with Crippen LogP contribution in [-0.4, -0.2) is 31.6 Å². The number of nitrogens with one attached hydrogen (secondary N) is 2. The predicted octanol–water partition coefficient (Wildman–Crippen LogP) is 0.966. The number of hydrazone groups is 1. The van der Waals surface area contributed by atoms with Crippen LogP contribution >= 0.6 is 0 Å². The summed E-state index contributed by atoms with van der Waals surface area (Å²) in [5, 5.41) is 6.00. The molecule has 0 aliphatic heterocycles. The van der Waals surface area contributed by atoms with Crippen molar-refractivity contribution in [3.63, 3.8) is 0 Å². The van der Waals surface area contributed by atoms with Crippen LogP contribution in [0.3, 0.4) is 0 Å². The number of nitrogens with zero attached hydrogens (tertiary/aromatic N) is 1. The second-order valence-electron chi connectivity index (χ2n) is 3.36. The molecule has 94 valence electrons. The normalized spacial score (nSPS) is 12.6. The van der Waals surface area contributed by atoms with Crippen molar-refractivity contribution < 1.29 is 13.2 Å². The lowest BCUT2D eigenvalue weighted by atomic mass is 10.2. The Morgan fingerprint density at radius 3 is 2.44 bits per heavy atom. The molecule has 0 rings (SSSR count). The summed E-state index contributed by atoms with van der Waals surface area (Å²) in [6, 6.07) is 0. The molecule has 16 heavy (non-hydrogen) atoms. The lowest BCUT2D eigenvalue weighted by molar-refractivity contribution is -0.0602. The Hall–Kier alpha value is -1.24. The van der Waals surface area contributed by atoms with Crippen molar-refractivity contribution >= 4 is 5.84 Å². The fraction of sp³-hybridized carbons (Fsp3) is 0.667. The van der Waals surface area contributed by atoms with Crippen molar-refractivity contribution in [3.8, 4) is 0 Å². The van der Waals surface area contributed by atoms with Crippen LogP contribution in [0.15, 0.2) is 17.3 Å². The van der Waals surface area contributed by atoms with Gasteiger partial charge in [0, 0.05) is 13.1 Å². The fourth-order valence-corrected chi connectivity index (χ4v) is 0.776. The third kappa shape index (κ3) is 8.10. The zero-order valence-corrected chi connectivity index (χ0v) is 9.19. The van der Waals surface area contributed by atoms with Crippen molar-refractivity contribution in [1.29, 1.82) is 0 Å². The molecule has 0 bridgehead atoms. The Morgan fingerprint density at radius 2 is 1.94 bits per heavy atom. The highest BCUT2D eigenvalue weighted by Crippen LogP contribution is 2.13. The zero-order chi connectivity index (χ0) is 12.6. The summed E-state index contributed by atoms with van der Waals surface area (Å²) in [5.41, 5.74) is 7.96. The number of amidine groups is 1. The monoisotopic (exact) mass is 238 g/mol. The van der Waals surface area contributed by atoms with Gasteiger partial charge in [-0.25, -0.2) is 0 Å². The van der Waals surface area contributed by atoms with E-state index in [1.807, 2.05) is 6.92 Å². The molecule has 0 radical (unpaired) electrons. The highest BCUT2D eigenvalue weighted by molar-refractivity contribution is 5.85. The molecule has 7 heteroatoms. The molecule has 0 spiro atoms. The molecule has 0 aromatic carbocycles. The molecule has 0 aromatic heterocycles. The van der Waals surface area contributed by atoms with Crippen LogP contribution in [0.5, 0.6) is 0 Å². The summed E-state index contributed by atoms with van der Waals surface area (Å²) in [6.45, 7) is 7.18. The summed E-state index contributed by atoms with van der Waals surface area (Å²) in [5.74, 6) is -1.37. The van der Waals surface area contributed by atoms with Gasteiger partial charge in [-0.2, -0.15) is 18.3 Å². The number of nitrogens with two attached hydrogens (primary N) is 1. The Labute approximate surface area is 92.8 Å². The van der Waals surface area contributed by atoms with Crippen LogP contribution in [0, 0.1) is 0 Å². The SMILES string of the molecule is C=C(C)CCNCCN/N=C(\N)C(F)(F)F. The highest BCUT2D eigenvalue weighted by atomic mass is 19.4. The average molecular weight is 238 g/mol. The summed E-state index contributed by atoms with van der Waals surface area (Å²) >= 11 is 0. The standard InChI is InChI=1S/C9H17F3N4/c1-7(2)3-4-14-5-6-15-16-8(13)9(10,11)12/h14-15H,1,3-6H2,2H3,(H2,13,16). The third-order valence-corrected chi connectivity index (χ3v) is 1.63. The molecule has 0 amide bonds. The molecule has 0 atom stereocenters. The Morgan fingerprint density at radius 1 is 1.31 bits per heavy atom. The van der Waals surface area contributed by atoms with E-state index in [0.29, 0.717) is 6.54 Å². The van der Waals surface area contributed by atoms with Gasteiger partial charge in [-0.3, -0.25) is 0 Å². The third-order valence-electron chi connectivity index (χ3n) is 1.63. The summed E-state index contributed by atoms with van der Waals surface area (Å²) in [7, 11) is 0. The van der Waals surface area contributed by atoms with E-state index in [1.165, 1.54) is 0 Å². The maximum atomic E-state index is 11.8. The molecule has 0 aliphatic rings. The number of alkyl halides is 3. The van der Waals surface area contributed by atoms with E-state index in [9.17, 15) is 13.2 Å². The molecule has 0 fully saturated rings. The molecule has 0 saturated heterocycles. The molecule has 0 aromatic rings. The summed E-state index contributed by atoms with van der Waals surface area (Å²) in [4.78, 5) is 0. The van der Waals surface area contributed by atoms with E-state index in [4.69, 9.17) is 0 Å². The van der Waals surface area contributed by atoms with E-state index in [-0.39, 0.29) is 6.54 Å². The Balaban J connectivity index is 3.50. The number of hydrogen-bond acceptors (Lipinski definition) is 3. The first-order valence-corrected chi connectivity index (χ1v) is 4.82. The van der Waals surface area contributed by atoms with Gasteiger partial charge in [-0.15, -0.1) is 6.58 Å². The van der Waals surface area contributed by atoms with Crippen molar-refractivity contribution in [2.75, 3.05) is 19.6 Å². The van der Waals surface area contributed by atoms with Gasteiger partial charge in [-0.1, -0.05) is 5.57 Å². The minimum Gasteiger partial charge on any atom is -0.378 e.